The van der Waals surface area contributed by atoms with Crippen molar-refractivity contribution >= 4 is 39.9 Å². The molecule has 2 aliphatic heterocycles. The van der Waals surface area contributed by atoms with Crippen molar-refractivity contribution in [2.24, 2.45) is 0 Å². The molecule has 0 aromatic heterocycles. The van der Waals surface area contributed by atoms with Gasteiger partial charge in [-0.3, -0.25) is 10.1 Å². The van der Waals surface area contributed by atoms with Gasteiger partial charge in [-0.05, 0) is 12.1 Å². The fraction of sp³-hybridized carbons (Fsp3) is 0.533. The normalized spacial score (nSPS) is 23.5. The highest BCUT2D eigenvalue weighted by Gasteiger charge is 2.44. The van der Waals surface area contributed by atoms with E-state index in [-0.39, 0.29) is 48.5 Å². The third kappa shape index (κ3) is 4.28. The summed E-state index contributed by atoms with van der Waals surface area (Å²) in [5.74, 6) is -3.29. The van der Waals surface area contributed by atoms with Crippen molar-refractivity contribution in [3.8, 4) is 0 Å². The largest absolute Gasteiger partial charge is 0.339 e. The van der Waals surface area contributed by atoms with E-state index in [1.165, 1.54) is 21.3 Å². The molecule has 146 valence electrons. The minimum atomic E-state index is -3.75. The molecule has 2 heterocycles. The maximum absolute atomic E-state index is 13.2. The van der Waals surface area contributed by atoms with Gasteiger partial charge in [0.25, 0.3) is 5.92 Å². The molecule has 1 amide bonds. The zero-order chi connectivity index (χ0) is 18.2. The number of carbonyl (C=O) groups excluding carboxylic acids is 1. The molecule has 2 fully saturated rings. The Hall–Kier alpha value is -1.00. The molecule has 0 radical (unpaired) electrons. The molecular formula is C15H19Cl2F2N3O3S. The Kier molecular flexibility index (Phi) is 6.50. The van der Waals surface area contributed by atoms with Crippen molar-refractivity contribution in [1.29, 1.82) is 0 Å². The third-order valence-electron chi connectivity index (χ3n) is 4.41. The number of hydrogen-bond acceptors (Lipinski definition) is 4. The maximum atomic E-state index is 13.2. The van der Waals surface area contributed by atoms with Crippen LogP contribution in [0.25, 0.3) is 0 Å². The van der Waals surface area contributed by atoms with Crippen LogP contribution in [0.5, 0.6) is 0 Å². The van der Waals surface area contributed by atoms with Crippen molar-refractivity contribution in [2.45, 2.75) is 23.3 Å². The highest BCUT2D eigenvalue weighted by Crippen LogP contribution is 2.27. The van der Waals surface area contributed by atoms with Crippen molar-refractivity contribution in [3.63, 3.8) is 0 Å². The molecule has 0 bridgehead atoms. The van der Waals surface area contributed by atoms with E-state index in [1.54, 1.807) is 12.1 Å². The second-order valence-corrected chi connectivity index (χ2v) is 8.47. The van der Waals surface area contributed by atoms with Gasteiger partial charge >= 0.3 is 0 Å². The van der Waals surface area contributed by atoms with E-state index in [1.807, 2.05) is 0 Å². The third-order valence-corrected chi connectivity index (χ3v) is 6.81. The van der Waals surface area contributed by atoms with Crippen molar-refractivity contribution < 1.29 is 22.0 Å². The van der Waals surface area contributed by atoms with Crippen LogP contribution in [-0.2, 0) is 14.8 Å². The fourth-order valence-corrected chi connectivity index (χ4v) is 4.97. The lowest BCUT2D eigenvalue weighted by molar-refractivity contribution is -0.134. The van der Waals surface area contributed by atoms with Gasteiger partial charge in [-0.15, -0.1) is 12.4 Å². The highest BCUT2D eigenvalue weighted by atomic mass is 35.5. The van der Waals surface area contributed by atoms with Crippen molar-refractivity contribution in [1.82, 2.24) is 14.5 Å². The summed E-state index contributed by atoms with van der Waals surface area (Å²) in [5.41, 5.74) is 0. The van der Waals surface area contributed by atoms with Crippen LogP contribution in [0.3, 0.4) is 0 Å². The molecule has 11 heteroatoms. The minimum absolute atomic E-state index is 0. The first kappa shape index (κ1) is 21.3. The second kappa shape index (κ2) is 7.93. The molecule has 26 heavy (non-hydrogen) atoms. The summed E-state index contributed by atoms with van der Waals surface area (Å²) in [6, 6.07) is 5.24. The van der Waals surface area contributed by atoms with Gasteiger partial charge in [0, 0.05) is 32.6 Å². The molecule has 1 aromatic rings. The number of carbonyl (C=O) groups is 1. The highest BCUT2D eigenvalue weighted by molar-refractivity contribution is 7.89. The van der Waals surface area contributed by atoms with Gasteiger partial charge in [-0.25, -0.2) is 17.2 Å². The molecular weight excluding hydrogens is 411 g/mol. The predicted molar refractivity (Wildman–Crippen MR) is 95.4 cm³/mol. The number of halogens is 4. The Labute approximate surface area is 161 Å². The Morgan fingerprint density at radius 2 is 1.81 bits per heavy atom. The SMILES string of the molecule is Cl.O=C(C1CC(F)(F)CN1)N1CCN(S(=O)(=O)c2ccccc2Cl)CC1. The van der Waals surface area contributed by atoms with E-state index in [0.717, 1.165) is 0 Å². The molecule has 2 aliphatic rings. The summed E-state index contributed by atoms with van der Waals surface area (Å²) in [6.45, 7) is 0.00755. The average molecular weight is 430 g/mol. The predicted octanol–water partition coefficient (Wildman–Crippen LogP) is 1.59. The minimum Gasteiger partial charge on any atom is -0.339 e. The van der Waals surface area contributed by atoms with Gasteiger partial charge in [-0.1, -0.05) is 23.7 Å². The number of benzene rings is 1. The van der Waals surface area contributed by atoms with Gasteiger partial charge in [0.2, 0.25) is 15.9 Å². The smallest absolute Gasteiger partial charge is 0.262 e. The Bertz CT molecular complexity index is 771. The molecule has 1 unspecified atom stereocenters. The molecule has 1 N–H and O–H groups in total. The van der Waals surface area contributed by atoms with Crippen LogP contribution in [0, 0.1) is 0 Å². The maximum Gasteiger partial charge on any atom is 0.262 e. The average Bonchev–Trinajstić information content (AvgIpc) is 2.94. The lowest BCUT2D eigenvalue weighted by Crippen LogP contribution is -2.54. The van der Waals surface area contributed by atoms with Crippen LogP contribution >= 0.6 is 24.0 Å². The van der Waals surface area contributed by atoms with Crippen LogP contribution in [0.2, 0.25) is 5.02 Å². The summed E-state index contributed by atoms with van der Waals surface area (Å²) >= 11 is 5.97. The first-order chi connectivity index (χ1) is 11.7. The Morgan fingerprint density at radius 3 is 2.35 bits per heavy atom. The zero-order valence-corrected chi connectivity index (χ0v) is 16.1. The number of rotatable bonds is 3. The topological polar surface area (TPSA) is 69.7 Å². The van der Waals surface area contributed by atoms with Gasteiger partial charge in [0.1, 0.15) is 4.90 Å². The van der Waals surface area contributed by atoms with E-state index >= 15 is 0 Å². The quantitative estimate of drug-likeness (QED) is 0.791. The lowest BCUT2D eigenvalue weighted by Gasteiger charge is -2.35. The molecule has 0 spiro atoms. The number of nitrogens with zero attached hydrogens (tertiary/aromatic N) is 2. The molecule has 0 saturated carbocycles. The summed E-state index contributed by atoms with van der Waals surface area (Å²) in [5, 5.41) is 2.67. The summed E-state index contributed by atoms with van der Waals surface area (Å²) < 4.78 is 53.0. The zero-order valence-electron chi connectivity index (χ0n) is 13.7. The number of piperazine rings is 1. The summed E-state index contributed by atoms with van der Waals surface area (Å²) in [6.07, 6.45) is -0.524. The first-order valence-electron chi connectivity index (χ1n) is 7.85. The van der Waals surface area contributed by atoms with E-state index in [0.29, 0.717) is 0 Å². The number of nitrogens with one attached hydrogen (secondary N) is 1. The van der Waals surface area contributed by atoms with Crippen molar-refractivity contribution in [3.05, 3.63) is 29.3 Å². The van der Waals surface area contributed by atoms with Crippen LogP contribution in [0.15, 0.2) is 29.2 Å². The van der Waals surface area contributed by atoms with E-state index in [9.17, 15) is 22.0 Å². The van der Waals surface area contributed by atoms with E-state index in [4.69, 9.17) is 11.6 Å². The van der Waals surface area contributed by atoms with Crippen LogP contribution < -0.4 is 5.32 Å². The van der Waals surface area contributed by atoms with E-state index < -0.39 is 40.9 Å². The summed E-state index contributed by atoms with van der Waals surface area (Å²) in [7, 11) is -3.75. The number of sulfonamides is 1. The Balaban J connectivity index is 0.00000243. The lowest BCUT2D eigenvalue weighted by atomic mass is 10.1. The molecule has 1 atom stereocenters. The monoisotopic (exact) mass is 429 g/mol. The molecule has 2 saturated heterocycles. The van der Waals surface area contributed by atoms with Gasteiger partial charge in [-0.2, -0.15) is 4.31 Å². The molecule has 1 aromatic carbocycles. The van der Waals surface area contributed by atoms with Crippen LogP contribution in [-0.4, -0.2) is 68.2 Å². The molecule has 3 rings (SSSR count). The Morgan fingerprint density at radius 1 is 1.19 bits per heavy atom. The van der Waals surface area contributed by atoms with Gasteiger partial charge in [0.05, 0.1) is 17.6 Å². The first-order valence-corrected chi connectivity index (χ1v) is 9.67. The fourth-order valence-electron chi connectivity index (χ4n) is 3.05. The van der Waals surface area contributed by atoms with Gasteiger partial charge < -0.3 is 4.90 Å². The van der Waals surface area contributed by atoms with Crippen molar-refractivity contribution in [2.75, 3.05) is 32.7 Å². The summed E-state index contributed by atoms with van der Waals surface area (Å²) in [4.78, 5) is 13.8. The number of alkyl halides is 2. The number of hydrogen-bond donors (Lipinski definition) is 1. The molecule has 0 aliphatic carbocycles. The second-order valence-electron chi connectivity index (χ2n) is 6.15. The van der Waals surface area contributed by atoms with E-state index in [2.05, 4.69) is 5.32 Å². The van der Waals surface area contributed by atoms with Gasteiger partial charge in [0.15, 0.2) is 0 Å². The van der Waals surface area contributed by atoms with Crippen LogP contribution in [0.1, 0.15) is 6.42 Å². The number of amides is 1. The molecule has 6 nitrogen and oxygen atoms in total. The standard InChI is InChI=1S/C15H18ClF2N3O3S.ClH/c16-11-3-1-2-4-13(11)25(23,24)21-7-5-20(6-8-21)14(22)12-9-15(17,18)10-19-12;/h1-4,12,19H,5-10H2;1H. The van der Waals surface area contributed by atoms with Crippen LogP contribution in [0.4, 0.5) is 8.78 Å².